The van der Waals surface area contributed by atoms with E-state index in [4.69, 9.17) is 4.74 Å². The second kappa shape index (κ2) is 8.89. The van der Waals surface area contributed by atoms with Gasteiger partial charge in [0.1, 0.15) is 5.75 Å². The summed E-state index contributed by atoms with van der Waals surface area (Å²) in [5.41, 5.74) is 0. The Bertz CT molecular complexity index is 657. The number of hydrogen-bond donors (Lipinski definition) is 1. The molecule has 0 bridgehead atoms. The number of hydrogen-bond acceptors (Lipinski definition) is 3. The summed E-state index contributed by atoms with van der Waals surface area (Å²) in [7, 11) is 0. The van der Waals surface area contributed by atoms with Gasteiger partial charge < -0.3 is 15.0 Å². The molecule has 0 atom stereocenters. The fraction of sp³-hybridized carbons (Fsp3) is 0.389. The molecule has 0 heterocycles. The van der Waals surface area contributed by atoms with Crippen LogP contribution in [0.3, 0.4) is 0 Å². The van der Waals surface area contributed by atoms with Crippen LogP contribution in [0.1, 0.15) is 13.8 Å². The highest BCUT2D eigenvalue weighted by Gasteiger charge is 2.05. The van der Waals surface area contributed by atoms with E-state index in [-0.39, 0.29) is 12.5 Å². The molecule has 23 heavy (non-hydrogen) atoms. The lowest BCUT2D eigenvalue weighted by atomic mass is 10.1. The maximum atomic E-state index is 11.8. The molecule has 0 spiro atoms. The highest BCUT2D eigenvalue weighted by Crippen LogP contribution is 2.24. The van der Waals surface area contributed by atoms with Gasteiger partial charge in [-0.25, -0.2) is 0 Å². The van der Waals surface area contributed by atoms with Gasteiger partial charge in [-0.15, -0.1) is 0 Å². The summed E-state index contributed by atoms with van der Waals surface area (Å²) in [4.78, 5) is 14.1. The van der Waals surface area contributed by atoms with Gasteiger partial charge in [0.2, 0.25) is 0 Å². The van der Waals surface area contributed by atoms with Gasteiger partial charge in [-0.05, 0) is 48.1 Å². The van der Waals surface area contributed by atoms with Crippen molar-refractivity contribution < 1.29 is 9.53 Å². The minimum absolute atomic E-state index is 0.0419. The Labute approximate surface area is 145 Å². The molecule has 0 fully saturated rings. The van der Waals surface area contributed by atoms with E-state index in [1.807, 2.05) is 30.3 Å². The Morgan fingerprint density at radius 3 is 2.57 bits per heavy atom. The van der Waals surface area contributed by atoms with Crippen LogP contribution in [0, 0.1) is 0 Å². The van der Waals surface area contributed by atoms with Gasteiger partial charge >= 0.3 is 0 Å². The first-order valence-corrected chi connectivity index (χ1v) is 8.72. The summed E-state index contributed by atoms with van der Waals surface area (Å²) in [5.74, 6) is 0.617. The number of likely N-dealkylation sites (N-methyl/N-ethyl adjacent to an activating group) is 1. The number of nitrogens with zero attached hydrogens (tertiary/aromatic N) is 1. The van der Waals surface area contributed by atoms with E-state index in [1.54, 1.807) is 0 Å². The lowest BCUT2D eigenvalue weighted by molar-refractivity contribution is -0.123. The zero-order valence-corrected chi connectivity index (χ0v) is 15.2. The van der Waals surface area contributed by atoms with E-state index in [9.17, 15) is 4.79 Å². The molecule has 1 N–H and O–H groups in total. The summed E-state index contributed by atoms with van der Waals surface area (Å²) in [6.45, 7) is 7.78. The van der Waals surface area contributed by atoms with E-state index in [0.29, 0.717) is 12.3 Å². The molecule has 5 heteroatoms. The molecule has 0 unspecified atom stereocenters. The van der Waals surface area contributed by atoms with Gasteiger partial charge in [-0.3, -0.25) is 4.79 Å². The van der Waals surface area contributed by atoms with Crippen molar-refractivity contribution in [3.05, 3.63) is 40.9 Å². The van der Waals surface area contributed by atoms with Crippen LogP contribution >= 0.6 is 15.9 Å². The van der Waals surface area contributed by atoms with Crippen LogP contribution in [0.4, 0.5) is 0 Å². The Balaban J connectivity index is 1.81. The first-order chi connectivity index (χ1) is 11.1. The van der Waals surface area contributed by atoms with Crippen molar-refractivity contribution in [3.63, 3.8) is 0 Å². The van der Waals surface area contributed by atoms with Crippen LogP contribution in [-0.2, 0) is 4.79 Å². The van der Waals surface area contributed by atoms with Crippen molar-refractivity contribution in [1.82, 2.24) is 10.2 Å². The molecule has 1 amide bonds. The molecule has 2 aromatic carbocycles. The van der Waals surface area contributed by atoms with E-state index in [0.717, 1.165) is 34.9 Å². The summed E-state index contributed by atoms with van der Waals surface area (Å²) in [6.07, 6.45) is 0. The molecule has 2 aromatic rings. The number of halogens is 1. The number of amides is 1. The van der Waals surface area contributed by atoms with Crippen LogP contribution < -0.4 is 10.1 Å². The fourth-order valence-corrected chi connectivity index (χ4v) is 2.76. The Morgan fingerprint density at radius 1 is 1.13 bits per heavy atom. The van der Waals surface area contributed by atoms with Crippen molar-refractivity contribution >= 4 is 32.6 Å². The average molecular weight is 379 g/mol. The fourth-order valence-electron chi connectivity index (χ4n) is 2.38. The van der Waals surface area contributed by atoms with Gasteiger partial charge in [0.15, 0.2) is 6.61 Å². The summed E-state index contributed by atoms with van der Waals surface area (Å²) < 4.78 is 6.63. The number of carbonyl (C=O) groups excluding carboxylic acids is 1. The third-order valence-corrected chi connectivity index (χ3v) is 4.28. The molecule has 4 nitrogen and oxygen atoms in total. The van der Waals surface area contributed by atoms with Crippen LogP contribution in [0.15, 0.2) is 40.9 Å². The SMILES string of the molecule is CCN(CC)CCNC(=O)COc1ccc2cc(Br)ccc2c1. The van der Waals surface area contributed by atoms with Gasteiger partial charge in [-0.2, -0.15) is 0 Å². The van der Waals surface area contributed by atoms with E-state index in [1.165, 1.54) is 0 Å². The average Bonchev–Trinajstić information content (AvgIpc) is 2.57. The standard InChI is InChI=1S/C18H23BrN2O2/c1-3-21(4-2)10-9-20-18(22)13-23-17-8-6-14-11-16(19)7-5-15(14)12-17/h5-8,11-12H,3-4,9-10,13H2,1-2H3,(H,20,22). The zero-order chi connectivity index (χ0) is 16.7. The van der Waals surface area contributed by atoms with Crippen LogP contribution in [-0.4, -0.2) is 43.6 Å². The molecular weight excluding hydrogens is 356 g/mol. The molecule has 2 rings (SSSR count). The minimum atomic E-state index is -0.0898. The topological polar surface area (TPSA) is 41.6 Å². The second-order valence-electron chi connectivity index (χ2n) is 5.32. The highest BCUT2D eigenvalue weighted by molar-refractivity contribution is 9.10. The van der Waals surface area contributed by atoms with Crippen molar-refractivity contribution in [2.75, 3.05) is 32.8 Å². The van der Waals surface area contributed by atoms with Crippen LogP contribution in [0.25, 0.3) is 10.8 Å². The lowest BCUT2D eigenvalue weighted by Gasteiger charge is -2.18. The van der Waals surface area contributed by atoms with E-state index >= 15 is 0 Å². The quantitative estimate of drug-likeness (QED) is 0.764. The third-order valence-electron chi connectivity index (χ3n) is 3.79. The molecule has 124 valence electrons. The van der Waals surface area contributed by atoms with Crippen LogP contribution in [0.2, 0.25) is 0 Å². The monoisotopic (exact) mass is 378 g/mol. The van der Waals surface area contributed by atoms with Crippen molar-refractivity contribution in [2.24, 2.45) is 0 Å². The smallest absolute Gasteiger partial charge is 0.257 e. The maximum Gasteiger partial charge on any atom is 0.257 e. The Hall–Kier alpha value is -1.59. The number of nitrogens with one attached hydrogen (secondary N) is 1. The predicted octanol–water partition coefficient (Wildman–Crippen LogP) is 3.44. The maximum absolute atomic E-state index is 11.8. The van der Waals surface area contributed by atoms with Gasteiger partial charge in [-0.1, -0.05) is 41.9 Å². The van der Waals surface area contributed by atoms with Crippen molar-refractivity contribution in [2.45, 2.75) is 13.8 Å². The number of carbonyl (C=O) groups is 1. The molecule has 0 aliphatic heterocycles. The third kappa shape index (κ3) is 5.52. The number of ether oxygens (including phenoxy) is 1. The molecule has 0 aliphatic carbocycles. The highest BCUT2D eigenvalue weighted by atomic mass is 79.9. The number of rotatable bonds is 8. The molecule has 0 saturated carbocycles. The first-order valence-electron chi connectivity index (χ1n) is 7.93. The van der Waals surface area contributed by atoms with E-state index in [2.05, 4.69) is 46.1 Å². The number of fused-ring (bicyclic) bond motifs is 1. The predicted molar refractivity (Wildman–Crippen MR) is 97.9 cm³/mol. The second-order valence-corrected chi connectivity index (χ2v) is 6.23. The van der Waals surface area contributed by atoms with Crippen molar-refractivity contribution in [3.8, 4) is 5.75 Å². The molecular formula is C18H23BrN2O2. The molecule has 0 saturated heterocycles. The van der Waals surface area contributed by atoms with Crippen molar-refractivity contribution in [1.29, 1.82) is 0 Å². The largest absolute Gasteiger partial charge is 0.484 e. The number of benzene rings is 2. The summed E-state index contributed by atoms with van der Waals surface area (Å²) >= 11 is 3.46. The summed E-state index contributed by atoms with van der Waals surface area (Å²) in [6, 6.07) is 11.9. The normalized spacial score (nSPS) is 11.0. The Kier molecular flexibility index (Phi) is 6.86. The van der Waals surface area contributed by atoms with Gasteiger partial charge in [0, 0.05) is 17.6 Å². The Morgan fingerprint density at radius 2 is 1.83 bits per heavy atom. The zero-order valence-electron chi connectivity index (χ0n) is 13.6. The van der Waals surface area contributed by atoms with Crippen LogP contribution in [0.5, 0.6) is 5.75 Å². The summed E-state index contributed by atoms with van der Waals surface area (Å²) in [5, 5.41) is 5.11. The van der Waals surface area contributed by atoms with E-state index < -0.39 is 0 Å². The first kappa shape index (κ1) is 17.8. The molecule has 0 aliphatic rings. The molecule has 0 aromatic heterocycles. The lowest BCUT2D eigenvalue weighted by Crippen LogP contribution is -2.36. The van der Waals surface area contributed by atoms with Gasteiger partial charge in [0.05, 0.1) is 0 Å². The van der Waals surface area contributed by atoms with Gasteiger partial charge in [0.25, 0.3) is 5.91 Å². The minimum Gasteiger partial charge on any atom is -0.484 e. The molecule has 0 radical (unpaired) electrons.